The number of ether oxygens (including phenoxy) is 1. The van der Waals surface area contributed by atoms with Crippen LogP contribution in [0, 0.1) is 5.92 Å². The minimum Gasteiger partial charge on any atom is -0.496 e. The summed E-state index contributed by atoms with van der Waals surface area (Å²) in [4.78, 5) is 13.8. The number of benzene rings is 1. The van der Waals surface area contributed by atoms with Crippen molar-refractivity contribution in [1.82, 2.24) is 9.97 Å². The van der Waals surface area contributed by atoms with Crippen LogP contribution in [0.25, 0.3) is 0 Å². The molecule has 0 spiro atoms. The Morgan fingerprint density at radius 3 is 2.31 bits per heavy atom. The van der Waals surface area contributed by atoms with Crippen LogP contribution in [-0.2, 0) is 6.42 Å². The number of rotatable bonds is 5. The van der Waals surface area contributed by atoms with Gasteiger partial charge >= 0.3 is 0 Å². The molecule has 0 amide bonds. The Labute approximate surface area is 156 Å². The first kappa shape index (κ1) is 17.1. The second-order valence-corrected chi connectivity index (χ2v) is 7.37. The van der Waals surface area contributed by atoms with Gasteiger partial charge < -0.3 is 14.5 Å². The summed E-state index contributed by atoms with van der Waals surface area (Å²) in [6, 6.07) is 10.6. The Balaban J connectivity index is 1.37. The SMILES string of the molecule is COc1ccccc1CC1CCN(c2cc(N3CCCC3)ncn2)CC1. The van der Waals surface area contributed by atoms with Crippen molar-refractivity contribution in [2.75, 3.05) is 43.1 Å². The summed E-state index contributed by atoms with van der Waals surface area (Å²) in [5.74, 6) is 3.89. The molecule has 2 saturated heterocycles. The van der Waals surface area contributed by atoms with Crippen LogP contribution >= 0.6 is 0 Å². The predicted molar refractivity (Wildman–Crippen MR) is 105 cm³/mol. The molecule has 2 aliphatic rings. The molecular weight excluding hydrogens is 324 g/mol. The van der Waals surface area contributed by atoms with Gasteiger partial charge in [-0.15, -0.1) is 0 Å². The highest BCUT2D eigenvalue weighted by molar-refractivity contribution is 5.50. The monoisotopic (exact) mass is 352 g/mol. The van der Waals surface area contributed by atoms with Crippen LogP contribution in [0.4, 0.5) is 11.6 Å². The number of para-hydroxylation sites is 1. The molecule has 0 aliphatic carbocycles. The first-order valence-electron chi connectivity index (χ1n) is 9.77. The van der Waals surface area contributed by atoms with Crippen molar-refractivity contribution in [3.05, 3.63) is 42.2 Å². The molecule has 2 aliphatic heterocycles. The molecule has 138 valence electrons. The van der Waals surface area contributed by atoms with Crippen LogP contribution in [0.3, 0.4) is 0 Å². The van der Waals surface area contributed by atoms with Gasteiger partial charge in [-0.1, -0.05) is 18.2 Å². The zero-order valence-electron chi connectivity index (χ0n) is 15.6. The van der Waals surface area contributed by atoms with Crippen LogP contribution in [-0.4, -0.2) is 43.3 Å². The fraction of sp³-hybridized carbons (Fsp3) is 0.524. The summed E-state index contributed by atoms with van der Waals surface area (Å²) in [6.07, 6.45) is 7.76. The normalized spacial score (nSPS) is 18.3. The van der Waals surface area contributed by atoms with E-state index in [0.29, 0.717) is 5.92 Å². The van der Waals surface area contributed by atoms with Crippen LogP contribution in [0.5, 0.6) is 5.75 Å². The van der Waals surface area contributed by atoms with Gasteiger partial charge in [0, 0.05) is 32.2 Å². The molecule has 0 unspecified atom stereocenters. The van der Waals surface area contributed by atoms with Gasteiger partial charge in [0.25, 0.3) is 0 Å². The fourth-order valence-electron chi connectivity index (χ4n) is 4.18. The van der Waals surface area contributed by atoms with E-state index in [4.69, 9.17) is 4.74 Å². The number of methoxy groups -OCH3 is 1. The van der Waals surface area contributed by atoms with Gasteiger partial charge in [-0.3, -0.25) is 0 Å². The highest BCUT2D eigenvalue weighted by Crippen LogP contribution is 2.29. The first-order valence-corrected chi connectivity index (χ1v) is 9.77. The van der Waals surface area contributed by atoms with Crippen molar-refractivity contribution < 1.29 is 4.74 Å². The minimum absolute atomic E-state index is 0.711. The standard InChI is InChI=1S/C21H28N4O/c1-26-19-7-3-2-6-18(19)14-17-8-12-25(13-9-17)21-15-20(22-16-23-21)24-10-4-5-11-24/h2-3,6-7,15-17H,4-5,8-14H2,1H3. The molecule has 5 heteroatoms. The van der Waals surface area contributed by atoms with E-state index >= 15 is 0 Å². The molecule has 0 N–H and O–H groups in total. The Hall–Kier alpha value is -2.30. The number of aromatic nitrogens is 2. The maximum atomic E-state index is 5.51. The molecule has 0 atom stereocenters. The molecule has 5 nitrogen and oxygen atoms in total. The van der Waals surface area contributed by atoms with E-state index in [-0.39, 0.29) is 0 Å². The third-order valence-electron chi connectivity index (χ3n) is 5.71. The number of piperidine rings is 1. The Morgan fingerprint density at radius 1 is 0.962 bits per heavy atom. The van der Waals surface area contributed by atoms with Crippen molar-refractivity contribution in [3.63, 3.8) is 0 Å². The van der Waals surface area contributed by atoms with Crippen LogP contribution < -0.4 is 14.5 Å². The maximum Gasteiger partial charge on any atom is 0.134 e. The number of hydrogen-bond acceptors (Lipinski definition) is 5. The molecule has 4 rings (SSSR count). The molecule has 26 heavy (non-hydrogen) atoms. The minimum atomic E-state index is 0.711. The van der Waals surface area contributed by atoms with Crippen LogP contribution in [0.2, 0.25) is 0 Å². The van der Waals surface area contributed by atoms with E-state index in [9.17, 15) is 0 Å². The third kappa shape index (κ3) is 3.76. The van der Waals surface area contributed by atoms with Crippen molar-refractivity contribution in [2.24, 2.45) is 5.92 Å². The lowest BCUT2D eigenvalue weighted by molar-refractivity contribution is 0.380. The second kappa shape index (κ2) is 7.94. The van der Waals surface area contributed by atoms with Gasteiger partial charge in [0.1, 0.15) is 23.7 Å². The summed E-state index contributed by atoms with van der Waals surface area (Å²) in [7, 11) is 1.76. The van der Waals surface area contributed by atoms with Crippen LogP contribution in [0.1, 0.15) is 31.2 Å². The average molecular weight is 352 g/mol. The third-order valence-corrected chi connectivity index (χ3v) is 5.71. The molecule has 0 saturated carbocycles. The predicted octanol–water partition coefficient (Wildman–Crippen LogP) is 3.54. The van der Waals surface area contributed by atoms with Gasteiger partial charge in [0.2, 0.25) is 0 Å². The van der Waals surface area contributed by atoms with E-state index in [0.717, 1.165) is 50.0 Å². The molecule has 2 aromatic rings. The zero-order valence-corrected chi connectivity index (χ0v) is 15.6. The quantitative estimate of drug-likeness (QED) is 0.823. The largest absolute Gasteiger partial charge is 0.496 e. The topological polar surface area (TPSA) is 41.5 Å². The second-order valence-electron chi connectivity index (χ2n) is 7.37. The fourth-order valence-corrected chi connectivity index (χ4v) is 4.18. The van der Waals surface area contributed by atoms with Crippen molar-refractivity contribution >= 4 is 11.6 Å². The van der Waals surface area contributed by atoms with Crippen molar-refractivity contribution in [2.45, 2.75) is 32.1 Å². The lowest BCUT2D eigenvalue weighted by Crippen LogP contribution is -2.35. The molecule has 2 fully saturated rings. The molecule has 0 bridgehead atoms. The van der Waals surface area contributed by atoms with Crippen molar-refractivity contribution in [1.29, 1.82) is 0 Å². The summed E-state index contributed by atoms with van der Waals surface area (Å²) in [5.41, 5.74) is 1.33. The molecule has 0 radical (unpaired) electrons. The summed E-state index contributed by atoms with van der Waals surface area (Å²) >= 11 is 0. The van der Waals surface area contributed by atoms with E-state index < -0.39 is 0 Å². The summed E-state index contributed by atoms with van der Waals surface area (Å²) in [5, 5.41) is 0. The van der Waals surface area contributed by atoms with Gasteiger partial charge in [-0.25, -0.2) is 9.97 Å². The maximum absolute atomic E-state index is 5.51. The highest BCUT2D eigenvalue weighted by Gasteiger charge is 2.22. The van der Waals surface area contributed by atoms with Gasteiger partial charge in [-0.2, -0.15) is 0 Å². The zero-order chi connectivity index (χ0) is 17.8. The van der Waals surface area contributed by atoms with Gasteiger partial charge in [0.05, 0.1) is 7.11 Å². The summed E-state index contributed by atoms with van der Waals surface area (Å²) in [6.45, 7) is 4.38. The molecule has 3 heterocycles. The smallest absolute Gasteiger partial charge is 0.134 e. The van der Waals surface area contributed by atoms with Crippen LogP contribution in [0.15, 0.2) is 36.7 Å². The van der Waals surface area contributed by atoms with Gasteiger partial charge in [0.15, 0.2) is 0 Å². The van der Waals surface area contributed by atoms with E-state index in [1.807, 2.05) is 6.07 Å². The van der Waals surface area contributed by atoms with Crippen molar-refractivity contribution in [3.8, 4) is 5.75 Å². The number of hydrogen-bond donors (Lipinski definition) is 0. The number of nitrogens with zero attached hydrogens (tertiary/aromatic N) is 4. The Morgan fingerprint density at radius 2 is 1.62 bits per heavy atom. The summed E-state index contributed by atoms with van der Waals surface area (Å²) < 4.78 is 5.51. The van der Waals surface area contributed by atoms with E-state index in [2.05, 4.69) is 44.0 Å². The van der Waals surface area contributed by atoms with E-state index in [1.54, 1.807) is 13.4 Å². The Kier molecular flexibility index (Phi) is 5.23. The highest BCUT2D eigenvalue weighted by atomic mass is 16.5. The Bertz CT molecular complexity index is 721. The lowest BCUT2D eigenvalue weighted by atomic mass is 9.90. The van der Waals surface area contributed by atoms with E-state index in [1.165, 1.54) is 31.2 Å². The molecular formula is C21H28N4O. The molecule has 1 aromatic heterocycles. The lowest BCUT2D eigenvalue weighted by Gasteiger charge is -2.33. The number of anilines is 2. The average Bonchev–Trinajstić information content (AvgIpc) is 3.24. The van der Waals surface area contributed by atoms with Gasteiger partial charge in [-0.05, 0) is 49.7 Å². The molecule has 1 aromatic carbocycles. The first-order chi connectivity index (χ1) is 12.8.